The average molecular weight is 293 g/mol. The zero-order chi connectivity index (χ0) is 12.3. The third-order valence-electron chi connectivity index (χ3n) is 2.08. The van der Waals surface area contributed by atoms with Crippen molar-refractivity contribution in [2.24, 2.45) is 0 Å². The fourth-order valence-corrected chi connectivity index (χ4v) is 1.52. The molecule has 1 aromatic carbocycles. The molecule has 0 unspecified atom stereocenters. The van der Waals surface area contributed by atoms with Gasteiger partial charge in [-0.15, -0.1) is 0 Å². The van der Waals surface area contributed by atoms with Crippen LogP contribution in [0.25, 0.3) is 0 Å². The molecule has 5 heteroatoms. The van der Waals surface area contributed by atoms with Crippen LogP contribution in [-0.4, -0.2) is 16.0 Å². The molecule has 2 rings (SSSR count). The van der Waals surface area contributed by atoms with Crippen molar-refractivity contribution in [3.8, 4) is 5.75 Å². The standard InChI is InChI=1S/C12H9BrN2O2/c13-9-4-5-11(14-7-9)15-12(17)8-2-1-3-10(16)6-8/h1-7,16H,(H,14,15,17). The number of halogens is 1. The molecule has 1 heterocycles. The van der Waals surface area contributed by atoms with Crippen molar-refractivity contribution in [3.05, 3.63) is 52.6 Å². The largest absolute Gasteiger partial charge is 0.508 e. The van der Waals surface area contributed by atoms with Gasteiger partial charge in [-0.1, -0.05) is 6.07 Å². The first kappa shape index (κ1) is 11.6. The van der Waals surface area contributed by atoms with Gasteiger partial charge in [-0.25, -0.2) is 4.98 Å². The quantitative estimate of drug-likeness (QED) is 0.895. The molecule has 1 aromatic heterocycles. The van der Waals surface area contributed by atoms with E-state index in [0.717, 1.165) is 4.47 Å². The average Bonchev–Trinajstić information content (AvgIpc) is 2.32. The number of aromatic hydroxyl groups is 1. The number of carbonyl (C=O) groups is 1. The summed E-state index contributed by atoms with van der Waals surface area (Å²) in [4.78, 5) is 15.8. The van der Waals surface area contributed by atoms with Crippen molar-refractivity contribution in [3.63, 3.8) is 0 Å². The Balaban J connectivity index is 2.14. The number of pyridine rings is 1. The summed E-state index contributed by atoms with van der Waals surface area (Å²) in [6.07, 6.45) is 1.60. The first-order chi connectivity index (χ1) is 8.15. The second-order valence-electron chi connectivity index (χ2n) is 3.37. The van der Waals surface area contributed by atoms with E-state index in [1.165, 1.54) is 12.1 Å². The van der Waals surface area contributed by atoms with E-state index >= 15 is 0 Å². The molecule has 0 saturated carbocycles. The highest BCUT2D eigenvalue weighted by Crippen LogP contribution is 2.14. The molecule has 4 nitrogen and oxygen atoms in total. The lowest BCUT2D eigenvalue weighted by Gasteiger charge is -2.04. The second kappa shape index (κ2) is 4.97. The molecule has 0 aliphatic carbocycles. The summed E-state index contributed by atoms with van der Waals surface area (Å²) in [7, 11) is 0. The number of hydrogen-bond acceptors (Lipinski definition) is 3. The molecule has 2 aromatic rings. The van der Waals surface area contributed by atoms with Gasteiger partial charge in [0.1, 0.15) is 11.6 Å². The van der Waals surface area contributed by atoms with Crippen molar-refractivity contribution in [1.29, 1.82) is 0 Å². The van der Waals surface area contributed by atoms with Gasteiger partial charge >= 0.3 is 0 Å². The minimum Gasteiger partial charge on any atom is -0.508 e. The van der Waals surface area contributed by atoms with Crippen molar-refractivity contribution < 1.29 is 9.90 Å². The van der Waals surface area contributed by atoms with Gasteiger partial charge in [-0.3, -0.25) is 4.79 Å². The normalized spacial score (nSPS) is 9.94. The fraction of sp³-hybridized carbons (Fsp3) is 0. The monoisotopic (exact) mass is 292 g/mol. The lowest BCUT2D eigenvalue weighted by atomic mass is 10.2. The maximum absolute atomic E-state index is 11.8. The highest BCUT2D eigenvalue weighted by molar-refractivity contribution is 9.10. The third kappa shape index (κ3) is 3.04. The third-order valence-corrected chi connectivity index (χ3v) is 2.55. The summed E-state index contributed by atoms with van der Waals surface area (Å²) in [6, 6.07) is 9.60. The van der Waals surface area contributed by atoms with E-state index in [1.54, 1.807) is 30.5 Å². The van der Waals surface area contributed by atoms with Crippen LogP contribution in [-0.2, 0) is 0 Å². The van der Waals surface area contributed by atoms with Gasteiger partial charge in [-0.2, -0.15) is 0 Å². The molecule has 0 radical (unpaired) electrons. The minimum atomic E-state index is -0.310. The molecular weight excluding hydrogens is 284 g/mol. The number of carbonyl (C=O) groups excluding carboxylic acids is 1. The summed E-state index contributed by atoms with van der Waals surface area (Å²) in [5.74, 6) is 0.207. The van der Waals surface area contributed by atoms with Gasteiger partial charge in [0.15, 0.2) is 0 Å². The van der Waals surface area contributed by atoms with Gasteiger partial charge in [0.2, 0.25) is 0 Å². The van der Waals surface area contributed by atoms with Gasteiger partial charge < -0.3 is 10.4 Å². The lowest BCUT2D eigenvalue weighted by molar-refractivity contribution is 0.102. The predicted octanol–water partition coefficient (Wildman–Crippen LogP) is 2.80. The van der Waals surface area contributed by atoms with E-state index in [4.69, 9.17) is 0 Å². The van der Waals surface area contributed by atoms with Crippen LogP contribution in [0.1, 0.15) is 10.4 Å². The molecule has 0 atom stereocenters. The summed E-state index contributed by atoms with van der Waals surface area (Å²) in [5, 5.41) is 11.9. The van der Waals surface area contributed by atoms with Crippen LogP contribution in [0.5, 0.6) is 5.75 Å². The van der Waals surface area contributed by atoms with Crippen molar-refractivity contribution in [2.45, 2.75) is 0 Å². The van der Waals surface area contributed by atoms with Crippen LogP contribution in [0.15, 0.2) is 47.1 Å². The molecule has 0 bridgehead atoms. The number of phenols is 1. The number of nitrogens with zero attached hydrogens (tertiary/aromatic N) is 1. The Kier molecular flexibility index (Phi) is 3.39. The lowest BCUT2D eigenvalue weighted by Crippen LogP contribution is -2.12. The zero-order valence-electron chi connectivity index (χ0n) is 8.72. The Morgan fingerprint density at radius 2 is 2.12 bits per heavy atom. The highest BCUT2D eigenvalue weighted by Gasteiger charge is 2.06. The van der Waals surface area contributed by atoms with Crippen LogP contribution in [0.4, 0.5) is 5.82 Å². The maximum Gasteiger partial charge on any atom is 0.256 e. The topological polar surface area (TPSA) is 62.2 Å². The molecular formula is C12H9BrN2O2. The first-order valence-electron chi connectivity index (χ1n) is 4.87. The van der Waals surface area contributed by atoms with Crippen LogP contribution < -0.4 is 5.32 Å². The van der Waals surface area contributed by atoms with E-state index in [1.807, 2.05) is 0 Å². The van der Waals surface area contributed by atoms with Gasteiger partial charge in [-0.05, 0) is 46.3 Å². The molecule has 0 spiro atoms. The Labute approximate surface area is 106 Å². The van der Waals surface area contributed by atoms with Crippen molar-refractivity contribution in [2.75, 3.05) is 5.32 Å². The Hall–Kier alpha value is -1.88. The first-order valence-corrected chi connectivity index (χ1v) is 5.66. The molecule has 86 valence electrons. The smallest absolute Gasteiger partial charge is 0.256 e. The number of rotatable bonds is 2. The number of nitrogens with one attached hydrogen (secondary N) is 1. The van der Waals surface area contributed by atoms with Gasteiger partial charge in [0, 0.05) is 16.2 Å². The van der Waals surface area contributed by atoms with E-state index in [2.05, 4.69) is 26.2 Å². The number of benzene rings is 1. The minimum absolute atomic E-state index is 0.0569. The van der Waals surface area contributed by atoms with Crippen LogP contribution >= 0.6 is 15.9 Å². The van der Waals surface area contributed by atoms with Crippen LogP contribution in [0.2, 0.25) is 0 Å². The second-order valence-corrected chi connectivity index (χ2v) is 4.28. The molecule has 0 fully saturated rings. The predicted molar refractivity (Wildman–Crippen MR) is 68.0 cm³/mol. The Bertz CT molecular complexity index is 540. The Morgan fingerprint density at radius 3 is 2.76 bits per heavy atom. The number of aromatic nitrogens is 1. The van der Waals surface area contributed by atoms with Gasteiger partial charge in [0.05, 0.1) is 0 Å². The van der Waals surface area contributed by atoms with Crippen molar-refractivity contribution >= 4 is 27.7 Å². The van der Waals surface area contributed by atoms with Crippen molar-refractivity contribution in [1.82, 2.24) is 4.98 Å². The van der Waals surface area contributed by atoms with Crippen LogP contribution in [0.3, 0.4) is 0 Å². The SMILES string of the molecule is O=C(Nc1ccc(Br)cn1)c1cccc(O)c1. The maximum atomic E-state index is 11.8. The summed E-state index contributed by atoms with van der Waals surface area (Å²) in [6.45, 7) is 0. The molecule has 2 N–H and O–H groups in total. The molecule has 0 aliphatic rings. The number of anilines is 1. The number of hydrogen-bond donors (Lipinski definition) is 2. The van der Waals surface area contributed by atoms with E-state index < -0.39 is 0 Å². The highest BCUT2D eigenvalue weighted by atomic mass is 79.9. The zero-order valence-corrected chi connectivity index (χ0v) is 10.3. The fourth-order valence-electron chi connectivity index (χ4n) is 1.29. The molecule has 0 saturated heterocycles. The summed E-state index contributed by atoms with van der Waals surface area (Å²) in [5.41, 5.74) is 0.384. The Morgan fingerprint density at radius 1 is 1.29 bits per heavy atom. The van der Waals surface area contributed by atoms with E-state index in [-0.39, 0.29) is 11.7 Å². The molecule has 1 amide bonds. The van der Waals surface area contributed by atoms with E-state index in [9.17, 15) is 9.90 Å². The summed E-state index contributed by atoms with van der Waals surface area (Å²) >= 11 is 3.26. The van der Waals surface area contributed by atoms with Gasteiger partial charge in [0.25, 0.3) is 5.91 Å². The number of phenolic OH excluding ortho intramolecular Hbond substituents is 1. The molecule has 17 heavy (non-hydrogen) atoms. The van der Waals surface area contributed by atoms with Crippen LogP contribution in [0, 0.1) is 0 Å². The molecule has 0 aliphatic heterocycles. The summed E-state index contributed by atoms with van der Waals surface area (Å²) < 4.78 is 0.841. The van der Waals surface area contributed by atoms with E-state index in [0.29, 0.717) is 11.4 Å². The number of amides is 1.